The van der Waals surface area contributed by atoms with Gasteiger partial charge < -0.3 is 19.7 Å². The summed E-state index contributed by atoms with van der Waals surface area (Å²) in [6.45, 7) is 0.280. The molecule has 0 saturated heterocycles. The molecule has 6 nitrogen and oxygen atoms in total. The van der Waals surface area contributed by atoms with E-state index in [2.05, 4.69) is 5.32 Å². The van der Waals surface area contributed by atoms with E-state index < -0.39 is 17.8 Å². The van der Waals surface area contributed by atoms with Crippen molar-refractivity contribution >= 4 is 17.7 Å². The van der Waals surface area contributed by atoms with E-state index in [0.29, 0.717) is 0 Å². The van der Waals surface area contributed by atoms with Gasteiger partial charge in [-0.05, 0) is 24.3 Å². The van der Waals surface area contributed by atoms with Crippen LogP contribution < -0.4 is 5.32 Å². The molecule has 21 heavy (non-hydrogen) atoms. The Morgan fingerprint density at radius 1 is 1.38 bits per heavy atom. The Balaban J connectivity index is 2.08. The molecule has 110 valence electrons. The second-order valence-electron chi connectivity index (χ2n) is 4.42. The first-order valence-electron chi connectivity index (χ1n) is 6.03. The zero-order chi connectivity index (χ0) is 15.4. The minimum Gasteiger partial charge on any atom is -0.478 e. The predicted octanol–water partition coefficient (Wildman–Crippen LogP) is 2.78. The van der Waals surface area contributed by atoms with Crippen LogP contribution in [-0.2, 0) is 6.54 Å². The highest BCUT2D eigenvalue weighted by Gasteiger charge is 2.14. The van der Waals surface area contributed by atoms with Gasteiger partial charge in [-0.25, -0.2) is 14.0 Å². The third-order valence-electron chi connectivity index (χ3n) is 2.80. The lowest BCUT2D eigenvalue weighted by Gasteiger charge is -2.17. The van der Waals surface area contributed by atoms with Gasteiger partial charge in [0.15, 0.2) is 0 Å². The maximum absolute atomic E-state index is 13.6. The molecule has 0 atom stereocenters. The Bertz CT molecular complexity index is 655. The largest absolute Gasteiger partial charge is 0.478 e. The number of hydrogen-bond donors (Lipinski definition) is 2. The third-order valence-corrected chi connectivity index (χ3v) is 2.80. The molecule has 1 heterocycles. The van der Waals surface area contributed by atoms with E-state index in [1.807, 2.05) is 0 Å². The van der Waals surface area contributed by atoms with Crippen LogP contribution in [0.2, 0.25) is 0 Å². The second-order valence-corrected chi connectivity index (χ2v) is 4.42. The van der Waals surface area contributed by atoms with Crippen molar-refractivity contribution < 1.29 is 23.5 Å². The molecule has 0 fully saturated rings. The smallest absolute Gasteiger partial charge is 0.335 e. The number of carboxylic acid groups (broad SMARTS) is 1. The average Bonchev–Trinajstić information content (AvgIpc) is 2.93. The van der Waals surface area contributed by atoms with Crippen LogP contribution in [0.15, 0.2) is 41.2 Å². The fraction of sp³-hybridized carbons (Fsp3) is 0.143. The number of urea groups is 1. The van der Waals surface area contributed by atoms with Crippen LogP contribution in [0.3, 0.4) is 0 Å². The van der Waals surface area contributed by atoms with Gasteiger partial charge in [-0.15, -0.1) is 0 Å². The first-order valence-corrected chi connectivity index (χ1v) is 6.03. The number of anilines is 1. The van der Waals surface area contributed by atoms with Gasteiger partial charge in [0.25, 0.3) is 0 Å². The Morgan fingerprint density at radius 2 is 2.14 bits per heavy atom. The van der Waals surface area contributed by atoms with Crippen LogP contribution >= 0.6 is 0 Å². The SMILES string of the molecule is CN(Cc1ccoc1)C(=O)Nc1cc(C(=O)O)ccc1F. The highest BCUT2D eigenvalue weighted by molar-refractivity contribution is 5.93. The van der Waals surface area contributed by atoms with Gasteiger partial charge in [-0.3, -0.25) is 0 Å². The molecule has 0 aliphatic heterocycles. The Morgan fingerprint density at radius 3 is 2.76 bits per heavy atom. The molecule has 1 aromatic heterocycles. The Hall–Kier alpha value is -2.83. The van der Waals surface area contributed by atoms with Crippen molar-refractivity contribution in [3.05, 3.63) is 53.7 Å². The zero-order valence-electron chi connectivity index (χ0n) is 11.2. The van der Waals surface area contributed by atoms with Crippen molar-refractivity contribution in [3.8, 4) is 0 Å². The number of halogens is 1. The molecule has 0 radical (unpaired) electrons. The van der Waals surface area contributed by atoms with Crippen molar-refractivity contribution in [2.24, 2.45) is 0 Å². The monoisotopic (exact) mass is 292 g/mol. The molecule has 2 amide bonds. The zero-order valence-corrected chi connectivity index (χ0v) is 11.2. The maximum Gasteiger partial charge on any atom is 0.335 e. The number of amides is 2. The molecule has 0 saturated carbocycles. The Kier molecular flexibility index (Phi) is 4.22. The van der Waals surface area contributed by atoms with Gasteiger partial charge in [0.05, 0.1) is 30.3 Å². The summed E-state index contributed by atoms with van der Waals surface area (Å²) in [5.74, 6) is -1.90. The number of hydrogen-bond acceptors (Lipinski definition) is 3. The molecule has 0 spiro atoms. The number of nitrogens with zero attached hydrogens (tertiary/aromatic N) is 1. The highest BCUT2D eigenvalue weighted by atomic mass is 19.1. The van der Waals surface area contributed by atoms with E-state index in [9.17, 15) is 14.0 Å². The third kappa shape index (κ3) is 3.59. The van der Waals surface area contributed by atoms with E-state index in [1.54, 1.807) is 6.07 Å². The molecule has 2 aromatic rings. The number of furan rings is 1. The molecular weight excluding hydrogens is 279 g/mol. The summed E-state index contributed by atoms with van der Waals surface area (Å²) >= 11 is 0. The molecule has 2 N–H and O–H groups in total. The summed E-state index contributed by atoms with van der Waals surface area (Å²) in [7, 11) is 1.53. The molecule has 7 heteroatoms. The van der Waals surface area contributed by atoms with Crippen molar-refractivity contribution in [1.82, 2.24) is 4.90 Å². The lowest BCUT2D eigenvalue weighted by Crippen LogP contribution is -2.31. The normalized spacial score (nSPS) is 10.2. The quantitative estimate of drug-likeness (QED) is 0.907. The van der Waals surface area contributed by atoms with Crippen LogP contribution in [-0.4, -0.2) is 29.1 Å². The van der Waals surface area contributed by atoms with E-state index in [4.69, 9.17) is 9.52 Å². The minimum atomic E-state index is -1.20. The standard InChI is InChI=1S/C14H13FN2O4/c1-17(7-9-4-5-21-8-9)14(20)16-12-6-10(13(18)19)2-3-11(12)15/h2-6,8H,7H2,1H3,(H,16,20)(H,18,19). The van der Waals surface area contributed by atoms with Gasteiger partial charge in [-0.1, -0.05) is 0 Å². The minimum absolute atomic E-state index is 0.107. The summed E-state index contributed by atoms with van der Waals surface area (Å²) in [5, 5.41) is 11.2. The number of nitrogens with one attached hydrogen (secondary N) is 1. The van der Waals surface area contributed by atoms with E-state index in [0.717, 1.165) is 23.8 Å². The molecular formula is C14H13FN2O4. The van der Waals surface area contributed by atoms with Crippen LogP contribution in [0, 0.1) is 5.82 Å². The number of rotatable bonds is 4. The van der Waals surface area contributed by atoms with Gasteiger partial charge in [0, 0.05) is 12.6 Å². The predicted molar refractivity (Wildman–Crippen MR) is 72.6 cm³/mol. The molecule has 0 aliphatic carbocycles. The van der Waals surface area contributed by atoms with E-state index >= 15 is 0 Å². The first-order chi connectivity index (χ1) is 9.97. The summed E-state index contributed by atoms with van der Waals surface area (Å²) in [4.78, 5) is 24.1. The van der Waals surface area contributed by atoms with Crippen molar-refractivity contribution in [1.29, 1.82) is 0 Å². The fourth-order valence-electron chi connectivity index (χ4n) is 1.69. The second kappa shape index (κ2) is 6.08. The van der Waals surface area contributed by atoms with Crippen LogP contribution in [0.5, 0.6) is 0 Å². The topological polar surface area (TPSA) is 82.8 Å². The average molecular weight is 292 g/mol. The van der Waals surface area contributed by atoms with E-state index in [1.165, 1.54) is 24.5 Å². The van der Waals surface area contributed by atoms with Crippen LogP contribution in [0.25, 0.3) is 0 Å². The molecule has 1 aromatic carbocycles. The van der Waals surface area contributed by atoms with Gasteiger partial charge in [0.2, 0.25) is 0 Å². The first kappa shape index (κ1) is 14.6. The molecule has 0 aliphatic rings. The van der Waals surface area contributed by atoms with Crippen LogP contribution in [0.4, 0.5) is 14.9 Å². The van der Waals surface area contributed by atoms with E-state index in [-0.39, 0.29) is 17.8 Å². The molecule has 0 unspecified atom stereocenters. The van der Waals surface area contributed by atoms with Crippen molar-refractivity contribution in [2.75, 3.05) is 12.4 Å². The maximum atomic E-state index is 13.6. The number of benzene rings is 1. The van der Waals surface area contributed by atoms with Gasteiger partial charge >= 0.3 is 12.0 Å². The van der Waals surface area contributed by atoms with Crippen molar-refractivity contribution in [2.45, 2.75) is 6.54 Å². The number of carboxylic acids is 1. The lowest BCUT2D eigenvalue weighted by atomic mass is 10.2. The lowest BCUT2D eigenvalue weighted by molar-refractivity contribution is 0.0697. The fourth-order valence-corrected chi connectivity index (χ4v) is 1.69. The van der Waals surface area contributed by atoms with Crippen molar-refractivity contribution in [3.63, 3.8) is 0 Å². The Labute approximate surface area is 119 Å². The van der Waals surface area contributed by atoms with Gasteiger partial charge in [-0.2, -0.15) is 0 Å². The van der Waals surface area contributed by atoms with Gasteiger partial charge in [0.1, 0.15) is 5.82 Å². The summed E-state index contributed by atoms with van der Waals surface area (Å²) in [6.07, 6.45) is 2.98. The summed E-state index contributed by atoms with van der Waals surface area (Å²) < 4.78 is 18.5. The highest BCUT2D eigenvalue weighted by Crippen LogP contribution is 2.17. The molecule has 0 bridgehead atoms. The summed E-state index contributed by atoms with van der Waals surface area (Å²) in [6, 6.07) is 4.34. The molecule has 2 rings (SSSR count). The number of carbonyl (C=O) groups excluding carboxylic acids is 1. The number of carbonyl (C=O) groups is 2. The summed E-state index contributed by atoms with van der Waals surface area (Å²) in [5.41, 5.74) is 0.496. The van der Waals surface area contributed by atoms with Crippen LogP contribution in [0.1, 0.15) is 15.9 Å². The number of aromatic carboxylic acids is 1.